The van der Waals surface area contributed by atoms with Gasteiger partial charge in [-0.2, -0.15) is 5.26 Å². The lowest BCUT2D eigenvalue weighted by atomic mass is 9.84. The summed E-state index contributed by atoms with van der Waals surface area (Å²) in [7, 11) is 0. The molecule has 2 aliphatic heterocycles. The van der Waals surface area contributed by atoms with Gasteiger partial charge in [0.2, 0.25) is 5.91 Å². The van der Waals surface area contributed by atoms with Crippen molar-refractivity contribution in [3.05, 3.63) is 78.0 Å². The number of piperidine rings is 1. The van der Waals surface area contributed by atoms with Gasteiger partial charge in [-0.3, -0.25) is 28.8 Å². The van der Waals surface area contributed by atoms with Crippen molar-refractivity contribution in [1.29, 1.82) is 5.26 Å². The molecule has 0 spiro atoms. The Morgan fingerprint density at radius 1 is 0.963 bits per heavy atom. The topological polar surface area (TPSA) is 166 Å². The zero-order valence-corrected chi connectivity index (χ0v) is 30.7. The van der Waals surface area contributed by atoms with E-state index in [2.05, 4.69) is 43.0 Å². The van der Waals surface area contributed by atoms with Crippen LogP contribution in [0.15, 0.2) is 61.3 Å². The lowest BCUT2D eigenvalue weighted by Gasteiger charge is -2.37. The van der Waals surface area contributed by atoms with Crippen LogP contribution < -0.4 is 20.9 Å². The third-order valence-electron chi connectivity index (χ3n) is 11.1. The normalized spacial score (nSPS) is 20.0. The predicted octanol–water partition coefficient (Wildman–Crippen LogP) is 5.37. The minimum Gasteiger partial charge on any atom is -0.382 e. The number of rotatable bonds is 9. The number of pyridine rings is 3. The number of hydrogen-bond donors (Lipinski definition) is 3. The molecule has 7 heterocycles. The molecule has 14 heteroatoms. The molecule has 8 rings (SSSR count). The van der Waals surface area contributed by atoms with Crippen molar-refractivity contribution >= 4 is 46.0 Å². The maximum atomic E-state index is 13.6. The van der Waals surface area contributed by atoms with E-state index in [0.717, 1.165) is 74.9 Å². The Hall–Kier alpha value is -5.81. The number of hydrogen-bond acceptors (Lipinski definition) is 9. The molecular formula is C40H45N11O3. The van der Waals surface area contributed by atoms with Crippen molar-refractivity contribution < 1.29 is 14.4 Å². The number of anilines is 2. The summed E-state index contributed by atoms with van der Waals surface area (Å²) in [5.74, 6) is 1.94. The molecule has 0 bridgehead atoms. The Bertz CT molecular complexity index is 2250. The third kappa shape index (κ3) is 7.11. The Kier molecular flexibility index (Phi) is 9.72. The van der Waals surface area contributed by atoms with Crippen LogP contribution in [0.3, 0.4) is 0 Å². The first-order valence-electron chi connectivity index (χ1n) is 19.0. The quantitative estimate of drug-likeness (QED) is 0.181. The first kappa shape index (κ1) is 35.2. The molecule has 0 radical (unpaired) electrons. The largest absolute Gasteiger partial charge is 0.382 e. The lowest BCUT2D eigenvalue weighted by molar-refractivity contribution is -0.120. The number of nitrogens with zero attached hydrogens (tertiary/aromatic N) is 8. The van der Waals surface area contributed by atoms with Gasteiger partial charge < -0.3 is 15.5 Å². The first-order valence-corrected chi connectivity index (χ1v) is 19.0. The summed E-state index contributed by atoms with van der Waals surface area (Å²) in [6, 6.07) is 11.7. The average Bonchev–Trinajstić information content (AvgIpc) is 3.80. The van der Waals surface area contributed by atoms with E-state index in [1.165, 1.54) is 5.56 Å². The van der Waals surface area contributed by atoms with Crippen LogP contribution in [-0.4, -0.2) is 84.9 Å². The molecule has 278 valence electrons. The maximum absolute atomic E-state index is 13.6. The zero-order valence-electron chi connectivity index (χ0n) is 30.7. The fraction of sp³-hybridized carbons (Fsp3) is 0.425. The summed E-state index contributed by atoms with van der Waals surface area (Å²) >= 11 is 0. The van der Waals surface area contributed by atoms with Crippen molar-refractivity contribution in [3.63, 3.8) is 0 Å². The molecule has 14 nitrogen and oxygen atoms in total. The summed E-state index contributed by atoms with van der Waals surface area (Å²) < 4.78 is 3.84. The second-order valence-corrected chi connectivity index (χ2v) is 15.1. The number of imidazole rings is 1. The highest BCUT2D eigenvalue weighted by atomic mass is 16.2. The SMILES string of the molecule is CC(C)Nc1cc(-n2ccc3cc(C#N)cnc32)ncc1C(=O)NC1CCC(CN2CCC(c3cccn4c(N5CCC(=O)NC5=O)cnc34)CC2)CC1. The molecule has 54 heavy (non-hydrogen) atoms. The maximum Gasteiger partial charge on any atom is 0.329 e. The smallest absolute Gasteiger partial charge is 0.329 e. The second-order valence-electron chi connectivity index (χ2n) is 15.1. The molecule has 0 unspecified atom stereocenters. The number of nitriles is 1. The molecule has 3 fully saturated rings. The number of likely N-dealkylation sites (tertiary alicyclic amines) is 1. The molecule has 1 saturated carbocycles. The number of amides is 4. The molecular weight excluding hydrogens is 683 g/mol. The molecule has 5 aromatic heterocycles. The minimum atomic E-state index is -0.405. The van der Waals surface area contributed by atoms with Gasteiger partial charge in [0.05, 0.1) is 23.0 Å². The van der Waals surface area contributed by atoms with Crippen LogP contribution in [0.5, 0.6) is 0 Å². The van der Waals surface area contributed by atoms with Crippen LogP contribution in [-0.2, 0) is 4.79 Å². The van der Waals surface area contributed by atoms with E-state index < -0.39 is 6.03 Å². The Morgan fingerprint density at radius 3 is 2.52 bits per heavy atom. The molecule has 3 aliphatic rings. The van der Waals surface area contributed by atoms with Gasteiger partial charge in [-0.05, 0) is 101 Å². The van der Waals surface area contributed by atoms with Gasteiger partial charge in [0.1, 0.15) is 29.0 Å². The highest BCUT2D eigenvalue weighted by Crippen LogP contribution is 2.34. The van der Waals surface area contributed by atoms with Gasteiger partial charge in [-0.25, -0.2) is 19.7 Å². The van der Waals surface area contributed by atoms with E-state index in [1.807, 2.05) is 53.4 Å². The Balaban J connectivity index is 0.848. The van der Waals surface area contributed by atoms with Crippen LogP contribution in [0.2, 0.25) is 0 Å². The van der Waals surface area contributed by atoms with Crippen molar-refractivity contribution in [2.75, 3.05) is 36.4 Å². The number of carbonyl (C=O) groups is 3. The molecule has 0 atom stereocenters. The van der Waals surface area contributed by atoms with E-state index in [-0.39, 0.29) is 30.3 Å². The molecule has 1 aliphatic carbocycles. The van der Waals surface area contributed by atoms with Crippen molar-refractivity contribution in [2.45, 2.75) is 76.8 Å². The molecule has 2 saturated heterocycles. The number of urea groups is 1. The average molecular weight is 728 g/mol. The number of carbonyl (C=O) groups excluding carboxylic acids is 3. The van der Waals surface area contributed by atoms with Crippen LogP contribution in [0, 0.1) is 17.2 Å². The monoisotopic (exact) mass is 727 g/mol. The Morgan fingerprint density at radius 2 is 1.76 bits per heavy atom. The summed E-state index contributed by atoms with van der Waals surface area (Å²) in [4.78, 5) is 55.9. The molecule has 4 amide bonds. The third-order valence-corrected chi connectivity index (χ3v) is 11.1. The standard InChI is InChI=1S/C40H45N11O3/c1-25(2)45-33-19-34(49-16-11-29-18-27(20-41)21-43-37(29)49)42-22-32(33)39(53)46-30-7-5-26(6-8-30)24-48-14-9-28(10-15-48)31-4-3-13-50-36(23-44-38(31)50)51-17-12-35(52)47-40(51)54/h3-4,11,13,16,18-19,21-23,25-26,28,30H,5-10,12,14-15,17,24H2,1-2H3,(H,42,45)(H,46,53)(H,47,52,54). The van der Waals surface area contributed by atoms with E-state index in [0.29, 0.717) is 46.8 Å². The van der Waals surface area contributed by atoms with E-state index >= 15 is 0 Å². The van der Waals surface area contributed by atoms with E-state index in [4.69, 9.17) is 4.98 Å². The summed E-state index contributed by atoms with van der Waals surface area (Å²) in [5.41, 5.74) is 4.51. The predicted molar refractivity (Wildman–Crippen MR) is 205 cm³/mol. The number of aromatic nitrogens is 5. The number of fused-ring (bicyclic) bond motifs is 2. The lowest BCUT2D eigenvalue weighted by Crippen LogP contribution is -2.50. The molecule has 3 N–H and O–H groups in total. The fourth-order valence-electron chi connectivity index (χ4n) is 8.32. The van der Waals surface area contributed by atoms with E-state index in [1.54, 1.807) is 29.6 Å². The van der Waals surface area contributed by atoms with Gasteiger partial charge in [0, 0.05) is 67.8 Å². The number of imide groups is 1. The Labute approximate surface area is 313 Å². The van der Waals surface area contributed by atoms with Crippen molar-refractivity contribution in [1.82, 2.24) is 39.5 Å². The van der Waals surface area contributed by atoms with Crippen LogP contribution in [0.4, 0.5) is 16.3 Å². The highest BCUT2D eigenvalue weighted by Gasteiger charge is 2.30. The van der Waals surface area contributed by atoms with Crippen molar-refractivity contribution in [3.8, 4) is 11.9 Å². The van der Waals surface area contributed by atoms with Gasteiger partial charge in [0.25, 0.3) is 5.91 Å². The van der Waals surface area contributed by atoms with Gasteiger partial charge in [-0.15, -0.1) is 0 Å². The van der Waals surface area contributed by atoms with Gasteiger partial charge >= 0.3 is 6.03 Å². The second kappa shape index (κ2) is 14.9. The van der Waals surface area contributed by atoms with Crippen LogP contribution in [0.1, 0.15) is 86.2 Å². The van der Waals surface area contributed by atoms with E-state index in [9.17, 15) is 19.6 Å². The molecule has 0 aromatic carbocycles. The van der Waals surface area contributed by atoms with Crippen molar-refractivity contribution in [2.24, 2.45) is 5.92 Å². The number of nitrogens with one attached hydrogen (secondary N) is 3. The first-order chi connectivity index (χ1) is 26.2. The van der Waals surface area contributed by atoms with Gasteiger partial charge in [0.15, 0.2) is 0 Å². The highest BCUT2D eigenvalue weighted by molar-refractivity contribution is 6.05. The summed E-state index contributed by atoms with van der Waals surface area (Å²) in [5, 5.41) is 19.2. The minimum absolute atomic E-state index is 0.112. The summed E-state index contributed by atoms with van der Waals surface area (Å²) in [6.07, 6.45) is 15.2. The van der Waals surface area contributed by atoms with Gasteiger partial charge in [-0.1, -0.05) is 6.07 Å². The fourth-order valence-corrected chi connectivity index (χ4v) is 8.32. The molecule has 5 aromatic rings. The van der Waals surface area contributed by atoms with Crippen LogP contribution in [0.25, 0.3) is 22.5 Å². The zero-order chi connectivity index (χ0) is 37.3. The van der Waals surface area contributed by atoms with Crippen LogP contribution >= 0.6 is 0 Å². The summed E-state index contributed by atoms with van der Waals surface area (Å²) in [6.45, 7) is 7.55.